The van der Waals surface area contributed by atoms with Gasteiger partial charge in [-0.3, -0.25) is 0 Å². The Kier molecular flexibility index (Phi) is 14.0. The van der Waals surface area contributed by atoms with Crippen molar-refractivity contribution in [2.24, 2.45) is 0 Å². The topological polar surface area (TPSA) is 29.3 Å². The second-order valence-corrected chi connectivity index (χ2v) is 8.77. The third-order valence-electron chi connectivity index (χ3n) is 6.52. The number of anilines is 1. The first-order chi connectivity index (χ1) is 14.3. The number of nitrogens with two attached hydrogens (primary N) is 1. The molecule has 0 radical (unpaired) electrons. The Labute approximate surface area is 202 Å². The van der Waals surface area contributed by atoms with Crippen molar-refractivity contribution in [1.82, 2.24) is 4.90 Å². The van der Waals surface area contributed by atoms with Crippen LogP contribution in [-0.4, -0.2) is 24.0 Å². The van der Waals surface area contributed by atoms with Gasteiger partial charge in [-0.2, -0.15) is 0 Å². The summed E-state index contributed by atoms with van der Waals surface area (Å²) in [7, 11) is 0. The minimum Gasteiger partial charge on any atom is -0.398 e. The number of hydrogen-bond donors (Lipinski definition) is 1. The van der Waals surface area contributed by atoms with Crippen molar-refractivity contribution in [2.75, 3.05) is 18.8 Å². The molecule has 2 aromatic carbocycles. The number of nitrogen functional groups attached to an aromatic ring is 1. The smallest absolute Gasteiger partial charge is 0.0349 e. The number of fused-ring (bicyclic) bond motifs is 1. The van der Waals surface area contributed by atoms with Crippen molar-refractivity contribution in [1.29, 1.82) is 0 Å². The maximum Gasteiger partial charge on any atom is 0.0349 e. The molecule has 4 heteroatoms. The van der Waals surface area contributed by atoms with E-state index in [0.29, 0.717) is 6.04 Å². The van der Waals surface area contributed by atoms with Crippen LogP contribution in [0, 0.1) is 0 Å². The number of halogens is 2. The first kappa shape index (κ1) is 27.8. The summed E-state index contributed by atoms with van der Waals surface area (Å²) in [5.74, 6) is 0. The highest BCUT2D eigenvalue weighted by molar-refractivity contribution is 5.85. The molecule has 2 aromatic rings. The molecule has 0 aliphatic heterocycles. The highest BCUT2D eigenvalue weighted by Gasteiger charge is 2.24. The molecule has 174 valence electrons. The SMILES string of the molecule is CCCN(CCCCCCCCc1ccccc1)C1CCc2c(N)cccc2C1.Cl.Cl. The second-order valence-electron chi connectivity index (χ2n) is 8.77. The zero-order chi connectivity index (χ0) is 20.3. The van der Waals surface area contributed by atoms with E-state index < -0.39 is 0 Å². The van der Waals surface area contributed by atoms with E-state index >= 15 is 0 Å². The summed E-state index contributed by atoms with van der Waals surface area (Å²) >= 11 is 0. The molecule has 0 fully saturated rings. The highest BCUT2D eigenvalue weighted by atomic mass is 35.5. The third-order valence-corrected chi connectivity index (χ3v) is 6.52. The molecule has 0 saturated heterocycles. The van der Waals surface area contributed by atoms with E-state index in [1.807, 2.05) is 0 Å². The molecule has 0 amide bonds. The number of benzene rings is 2. The molecule has 1 atom stereocenters. The molecule has 0 saturated carbocycles. The van der Waals surface area contributed by atoms with E-state index in [2.05, 4.69) is 60.4 Å². The zero-order valence-corrected chi connectivity index (χ0v) is 20.9. The van der Waals surface area contributed by atoms with Gasteiger partial charge in [0.2, 0.25) is 0 Å². The lowest BCUT2D eigenvalue weighted by molar-refractivity contribution is 0.176. The molecule has 0 heterocycles. The Bertz CT molecular complexity index is 720. The summed E-state index contributed by atoms with van der Waals surface area (Å²) in [6.45, 7) is 4.81. The maximum atomic E-state index is 6.19. The first-order valence-electron chi connectivity index (χ1n) is 11.9. The largest absolute Gasteiger partial charge is 0.398 e. The van der Waals surface area contributed by atoms with Crippen molar-refractivity contribution in [3.8, 4) is 0 Å². The third kappa shape index (κ3) is 9.04. The standard InChI is InChI=1S/C27H40N2.2ClH/c1-2-20-29(25-18-19-26-24(22-25)16-12-17-27(26)28)21-11-6-4-3-5-8-13-23-14-9-7-10-15-23;;/h7,9-10,12,14-17,25H,2-6,8,11,13,18-22,28H2,1H3;2*1H. The van der Waals surface area contributed by atoms with E-state index in [1.165, 1.54) is 94.0 Å². The summed E-state index contributed by atoms with van der Waals surface area (Å²) in [5.41, 5.74) is 11.6. The molecule has 1 aliphatic carbocycles. The van der Waals surface area contributed by atoms with Gasteiger partial charge in [-0.15, -0.1) is 24.8 Å². The van der Waals surface area contributed by atoms with Gasteiger partial charge in [0.25, 0.3) is 0 Å². The van der Waals surface area contributed by atoms with Crippen LogP contribution in [-0.2, 0) is 19.3 Å². The minimum absolute atomic E-state index is 0. The lowest BCUT2D eigenvalue weighted by Crippen LogP contribution is -2.40. The summed E-state index contributed by atoms with van der Waals surface area (Å²) in [5, 5.41) is 0. The van der Waals surface area contributed by atoms with Gasteiger partial charge in [-0.25, -0.2) is 0 Å². The van der Waals surface area contributed by atoms with E-state index in [9.17, 15) is 0 Å². The fourth-order valence-electron chi connectivity index (χ4n) is 4.89. The summed E-state index contributed by atoms with van der Waals surface area (Å²) in [4.78, 5) is 2.77. The first-order valence-corrected chi connectivity index (χ1v) is 11.9. The van der Waals surface area contributed by atoms with Crippen molar-refractivity contribution in [3.63, 3.8) is 0 Å². The molecular weight excluding hydrogens is 423 g/mol. The second kappa shape index (κ2) is 15.6. The van der Waals surface area contributed by atoms with Gasteiger partial charge in [-0.05, 0) is 80.8 Å². The van der Waals surface area contributed by atoms with Crippen LogP contribution in [0.3, 0.4) is 0 Å². The van der Waals surface area contributed by atoms with Gasteiger partial charge >= 0.3 is 0 Å². The molecule has 31 heavy (non-hydrogen) atoms. The van der Waals surface area contributed by atoms with Crippen LogP contribution in [0.5, 0.6) is 0 Å². The van der Waals surface area contributed by atoms with Crippen molar-refractivity contribution in [2.45, 2.75) is 83.6 Å². The summed E-state index contributed by atoms with van der Waals surface area (Å²) in [6.07, 6.45) is 14.3. The molecule has 1 unspecified atom stereocenters. The molecule has 2 nitrogen and oxygen atoms in total. The number of hydrogen-bond acceptors (Lipinski definition) is 2. The van der Waals surface area contributed by atoms with Gasteiger partial charge in [-0.1, -0.05) is 75.1 Å². The van der Waals surface area contributed by atoms with E-state index in [4.69, 9.17) is 5.73 Å². The van der Waals surface area contributed by atoms with Gasteiger partial charge < -0.3 is 10.6 Å². The van der Waals surface area contributed by atoms with Crippen LogP contribution in [0.25, 0.3) is 0 Å². The van der Waals surface area contributed by atoms with Gasteiger partial charge in [0.15, 0.2) is 0 Å². The fraction of sp³-hybridized carbons (Fsp3) is 0.556. The van der Waals surface area contributed by atoms with Gasteiger partial charge in [0, 0.05) is 11.7 Å². The number of rotatable bonds is 12. The summed E-state index contributed by atoms with van der Waals surface area (Å²) < 4.78 is 0. The average molecular weight is 466 g/mol. The number of nitrogens with zero attached hydrogens (tertiary/aromatic N) is 1. The van der Waals surface area contributed by atoms with E-state index in [1.54, 1.807) is 0 Å². The number of aryl methyl sites for hydroxylation is 1. The van der Waals surface area contributed by atoms with E-state index in [0.717, 1.165) is 12.1 Å². The molecule has 0 aromatic heterocycles. The molecule has 3 rings (SSSR count). The van der Waals surface area contributed by atoms with Gasteiger partial charge in [0.05, 0.1) is 0 Å². The summed E-state index contributed by atoms with van der Waals surface area (Å²) in [6, 6.07) is 18.1. The van der Waals surface area contributed by atoms with Crippen molar-refractivity contribution < 1.29 is 0 Å². The Balaban J connectivity index is 0.00000240. The van der Waals surface area contributed by atoms with Crippen LogP contribution < -0.4 is 5.73 Å². The lowest BCUT2D eigenvalue weighted by Gasteiger charge is -2.35. The Morgan fingerprint density at radius 3 is 2.29 bits per heavy atom. The molecule has 2 N–H and O–H groups in total. The van der Waals surface area contributed by atoms with Crippen LogP contribution in [0.15, 0.2) is 48.5 Å². The number of unbranched alkanes of at least 4 members (excludes halogenated alkanes) is 5. The van der Waals surface area contributed by atoms with Crippen LogP contribution in [0.1, 0.15) is 75.0 Å². The zero-order valence-electron chi connectivity index (χ0n) is 19.2. The van der Waals surface area contributed by atoms with Gasteiger partial charge in [0.1, 0.15) is 0 Å². The van der Waals surface area contributed by atoms with Crippen LogP contribution in [0.2, 0.25) is 0 Å². The Morgan fingerprint density at radius 2 is 1.55 bits per heavy atom. The Hall–Kier alpha value is -1.22. The maximum absolute atomic E-state index is 6.19. The lowest BCUT2D eigenvalue weighted by atomic mass is 9.86. The fourth-order valence-corrected chi connectivity index (χ4v) is 4.89. The van der Waals surface area contributed by atoms with E-state index in [-0.39, 0.29) is 24.8 Å². The van der Waals surface area contributed by atoms with Crippen LogP contribution in [0.4, 0.5) is 5.69 Å². The average Bonchev–Trinajstić information content (AvgIpc) is 2.75. The predicted molar refractivity (Wildman–Crippen MR) is 141 cm³/mol. The van der Waals surface area contributed by atoms with Crippen LogP contribution >= 0.6 is 24.8 Å². The quantitative estimate of drug-likeness (QED) is 0.264. The monoisotopic (exact) mass is 464 g/mol. The normalized spacial score (nSPS) is 15.1. The highest BCUT2D eigenvalue weighted by Crippen LogP contribution is 2.29. The molecule has 0 bridgehead atoms. The molecule has 1 aliphatic rings. The Morgan fingerprint density at radius 1 is 0.839 bits per heavy atom. The predicted octanol–water partition coefficient (Wildman–Crippen LogP) is 7.27. The van der Waals surface area contributed by atoms with Crippen molar-refractivity contribution in [3.05, 3.63) is 65.2 Å². The van der Waals surface area contributed by atoms with Crippen molar-refractivity contribution >= 4 is 30.5 Å². The molecular formula is C27H42Cl2N2. The minimum atomic E-state index is 0. The molecule has 0 spiro atoms.